The fraction of sp³-hybridized carbons (Fsp3) is 0.208. The van der Waals surface area contributed by atoms with Gasteiger partial charge in [-0.15, -0.1) is 0 Å². The number of hydrogen-bond acceptors (Lipinski definition) is 2. The minimum absolute atomic E-state index is 0.0140. The molecule has 1 amide bonds. The van der Waals surface area contributed by atoms with Gasteiger partial charge in [0.15, 0.2) is 0 Å². The van der Waals surface area contributed by atoms with Gasteiger partial charge in [-0.05, 0) is 42.5 Å². The first-order valence-corrected chi connectivity index (χ1v) is 9.40. The van der Waals surface area contributed by atoms with Gasteiger partial charge in [-0.25, -0.2) is 0 Å². The summed E-state index contributed by atoms with van der Waals surface area (Å²) in [5, 5.41) is 2.95. The molecule has 0 saturated heterocycles. The van der Waals surface area contributed by atoms with E-state index in [0.717, 1.165) is 30.7 Å². The van der Waals surface area contributed by atoms with Crippen molar-refractivity contribution in [3.63, 3.8) is 0 Å². The van der Waals surface area contributed by atoms with Gasteiger partial charge in [0.1, 0.15) is 5.75 Å². The van der Waals surface area contributed by atoms with Gasteiger partial charge in [0.2, 0.25) is 5.91 Å². The lowest BCUT2D eigenvalue weighted by Gasteiger charge is -2.09. The molecule has 3 aromatic carbocycles. The van der Waals surface area contributed by atoms with Crippen molar-refractivity contribution in [2.24, 2.45) is 0 Å². The van der Waals surface area contributed by atoms with Crippen LogP contribution in [0.4, 0.5) is 5.69 Å². The number of carbonyl (C=O) groups is 1. The Hall–Kier alpha value is -3.07. The standard InChI is InChI=1S/C24H25NO2/c26-24(17-16-21-11-5-2-6-12-21)25-22-14-7-15-23(19-22)27-18-8-13-20-9-3-1-4-10-20/h1-7,9-12,14-15,19H,8,13,16-18H2,(H,25,26). The van der Waals surface area contributed by atoms with Crippen molar-refractivity contribution in [3.05, 3.63) is 96.1 Å². The zero-order valence-corrected chi connectivity index (χ0v) is 15.4. The Morgan fingerprint density at radius 2 is 1.44 bits per heavy atom. The largest absolute Gasteiger partial charge is 0.494 e. The summed E-state index contributed by atoms with van der Waals surface area (Å²) < 4.78 is 5.83. The Morgan fingerprint density at radius 3 is 2.15 bits per heavy atom. The Bertz CT molecular complexity index is 831. The summed E-state index contributed by atoms with van der Waals surface area (Å²) in [5.41, 5.74) is 3.26. The van der Waals surface area contributed by atoms with Gasteiger partial charge in [-0.3, -0.25) is 4.79 Å². The summed E-state index contributed by atoms with van der Waals surface area (Å²) in [6.45, 7) is 0.653. The van der Waals surface area contributed by atoms with Crippen molar-refractivity contribution in [3.8, 4) is 5.75 Å². The molecule has 3 aromatic rings. The summed E-state index contributed by atoms with van der Waals surface area (Å²) in [6, 6.07) is 28.0. The van der Waals surface area contributed by atoms with E-state index in [4.69, 9.17) is 4.74 Å². The third kappa shape index (κ3) is 6.63. The summed E-state index contributed by atoms with van der Waals surface area (Å²) in [7, 11) is 0. The Morgan fingerprint density at radius 1 is 0.778 bits per heavy atom. The van der Waals surface area contributed by atoms with E-state index in [1.165, 1.54) is 11.1 Å². The Kier molecular flexibility index (Phi) is 7.05. The van der Waals surface area contributed by atoms with Gasteiger partial charge in [0, 0.05) is 18.2 Å². The van der Waals surface area contributed by atoms with E-state index >= 15 is 0 Å². The zero-order valence-electron chi connectivity index (χ0n) is 15.4. The van der Waals surface area contributed by atoms with Crippen LogP contribution in [0, 0.1) is 0 Å². The summed E-state index contributed by atoms with van der Waals surface area (Å²) >= 11 is 0. The van der Waals surface area contributed by atoms with E-state index in [0.29, 0.717) is 13.0 Å². The minimum Gasteiger partial charge on any atom is -0.494 e. The number of benzene rings is 3. The lowest BCUT2D eigenvalue weighted by atomic mass is 10.1. The number of nitrogens with one attached hydrogen (secondary N) is 1. The summed E-state index contributed by atoms with van der Waals surface area (Å²) in [6.07, 6.45) is 3.16. The number of carbonyl (C=O) groups excluding carboxylic acids is 1. The van der Waals surface area contributed by atoms with Crippen LogP contribution in [0.25, 0.3) is 0 Å². The van der Waals surface area contributed by atoms with Crippen LogP contribution in [0.2, 0.25) is 0 Å². The highest BCUT2D eigenvalue weighted by Crippen LogP contribution is 2.18. The second-order valence-electron chi connectivity index (χ2n) is 6.50. The molecule has 0 aliphatic rings. The topological polar surface area (TPSA) is 38.3 Å². The number of ether oxygens (including phenoxy) is 1. The lowest BCUT2D eigenvalue weighted by Crippen LogP contribution is -2.12. The van der Waals surface area contributed by atoms with Crippen LogP contribution in [-0.2, 0) is 17.6 Å². The van der Waals surface area contributed by atoms with E-state index in [1.54, 1.807) is 0 Å². The molecule has 0 aliphatic heterocycles. The first kappa shape index (κ1) is 18.7. The second-order valence-corrected chi connectivity index (χ2v) is 6.50. The van der Waals surface area contributed by atoms with E-state index in [-0.39, 0.29) is 5.91 Å². The van der Waals surface area contributed by atoms with Crippen molar-refractivity contribution >= 4 is 11.6 Å². The molecule has 0 atom stereocenters. The van der Waals surface area contributed by atoms with Gasteiger partial charge in [0.05, 0.1) is 6.61 Å². The van der Waals surface area contributed by atoms with Gasteiger partial charge in [0.25, 0.3) is 0 Å². The molecular formula is C24H25NO2. The molecule has 0 spiro atoms. The number of aryl methyl sites for hydroxylation is 2. The molecule has 3 nitrogen and oxygen atoms in total. The minimum atomic E-state index is 0.0140. The van der Waals surface area contributed by atoms with Crippen LogP contribution < -0.4 is 10.1 Å². The molecule has 138 valence electrons. The number of anilines is 1. The average molecular weight is 359 g/mol. The van der Waals surface area contributed by atoms with Gasteiger partial charge in [-0.1, -0.05) is 66.7 Å². The van der Waals surface area contributed by atoms with Gasteiger partial charge < -0.3 is 10.1 Å². The predicted molar refractivity (Wildman–Crippen MR) is 110 cm³/mol. The number of hydrogen-bond donors (Lipinski definition) is 1. The fourth-order valence-corrected chi connectivity index (χ4v) is 2.90. The van der Waals surface area contributed by atoms with Crippen LogP contribution in [0.5, 0.6) is 5.75 Å². The average Bonchev–Trinajstić information content (AvgIpc) is 2.72. The Balaban J connectivity index is 1.42. The fourth-order valence-electron chi connectivity index (χ4n) is 2.90. The van der Waals surface area contributed by atoms with Crippen LogP contribution in [0.1, 0.15) is 24.0 Å². The van der Waals surface area contributed by atoms with E-state index < -0.39 is 0 Å². The lowest BCUT2D eigenvalue weighted by molar-refractivity contribution is -0.116. The van der Waals surface area contributed by atoms with Gasteiger partial charge in [-0.2, -0.15) is 0 Å². The van der Waals surface area contributed by atoms with Gasteiger partial charge >= 0.3 is 0 Å². The molecule has 0 radical (unpaired) electrons. The molecule has 3 rings (SSSR count). The highest BCUT2D eigenvalue weighted by Gasteiger charge is 2.04. The van der Waals surface area contributed by atoms with E-state index in [2.05, 4.69) is 29.6 Å². The summed E-state index contributed by atoms with van der Waals surface area (Å²) in [4.78, 5) is 12.2. The van der Waals surface area contributed by atoms with Crippen molar-refractivity contribution in [2.75, 3.05) is 11.9 Å². The molecule has 0 heterocycles. The quantitative estimate of drug-likeness (QED) is 0.529. The van der Waals surface area contributed by atoms with Crippen molar-refractivity contribution < 1.29 is 9.53 Å². The predicted octanol–water partition coefficient (Wildman–Crippen LogP) is 5.27. The molecular weight excluding hydrogens is 334 g/mol. The SMILES string of the molecule is O=C(CCc1ccccc1)Nc1cccc(OCCCc2ccccc2)c1. The third-order valence-electron chi connectivity index (χ3n) is 4.32. The molecule has 0 aliphatic carbocycles. The van der Waals surface area contributed by atoms with Crippen LogP contribution >= 0.6 is 0 Å². The van der Waals surface area contributed by atoms with E-state index in [9.17, 15) is 4.79 Å². The molecule has 0 bridgehead atoms. The molecule has 0 saturated carbocycles. The van der Waals surface area contributed by atoms with Crippen LogP contribution in [0.3, 0.4) is 0 Å². The third-order valence-corrected chi connectivity index (χ3v) is 4.32. The van der Waals surface area contributed by atoms with Crippen LogP contribution in [0.15, 0.2) is 84.9 Å². The highest BCUT2D eigenvalue weighted by molar-refractivity contribution is 5.91. The molecule has 0 fully saturated rings. The monoisotopic (exact) mass is 359 g/mol. The first-order chi connectivity index (χ1) is 13.3. The van der Waals surface area contributed by atoms with E-state index in [1.807, 2.05) is 60.7 Å². The maximum atomic E-state index is 12.2. The Labute approximate surface area is 161 Å². The smallest absolute Gasteiger partial charge is 0.224 e. The molecule has 0 aromatic heterocycles. The normalized spacial score (nSPS) is 10.4. The van der Waals surface area contributed by atoms with Crippen molar-refractivity contribution in [1.82, 2.24) is 0 Å². The summed E-state index contributed by atoms with van der Waals surface area (Å²) in [5.74, 6) is 0.795. The van der Waals surface area contributed by atoms with Crippen molar-refractivity contribution in [1.29, 1.82) is 0 Å². The number of amides is 1. The first-order valence-electron chi connectivity index (χ1n) is 9.40. The highest BCUT2D eigenvalue weighted by atomic mass is 16.5. The molecule has 3 heteroatoms. The molecule has 1 N–H and O–H groups in total. The van der Waals surface area contributed by atoms with Crippen LogP contribution in [-0.4, -0.2) is 12.5 Å². The molecule has 0 unspecified atom stereocenters. The maximum Gasteiger partial charge on any atom is 0.224 e. The maximum absolute atomic E-state index is 12.2. The van der Waals surface area contributed by atoms with Crippen molar-refractivity contribution in [2.45, 2.75) is 25.7 Å². The zero-order chi connectivity index (χ0) is 18.7. The second kappa shape index (κ2) is 10.2. The number of rotatable bonds is 9. The molecule has 27 heavy (non-hydrogen) atoms.